The molecule has 3 N–H and O–H groups in total. The van der Waals surface area contributed by atoms with E-state index >= 15 is 0 Å². The third-order valence-corrected chi connectivity index (χ3v) is 3.65. The zero-order valence-corrected chi connectivity index (χ0v) is 13.9. The normalized spacial score (nSPS) is 15.9. The van der Waals surface area contributed by atoms with Gasteiger partial charge >= 0.3 is 0 Å². The number of nitrogens with zero attached hydrogens (tertiary/aromatic N) is 4. The third kappa shape index (κ3) is 5.43. The molecule has 0 aromatic carbocycles. The van der Waals surface area contributed by atoms with Crippen molar-refractivity contribution in [1.82, 2.24) is 15.2 Å². The molecule has 1 saturated heterocycles. The zero-order valence-electron chi connectivity index (χ0n) is 13.9. The summed E-state index contributed by atoms with van der Waals surface area (Å²) in [6.07, 6.45) is 2.19. The molecule has 1 aromatic heterocycles. The molecule has 1 aromatic rings. The summed E-state index contributed by atoms with van der Waals surface area (Å²) in [5.74, 6) is 1.50. The number of piperazine rings is 1. The number of carbonyl (C=O) groups is 1. The van der Waals surface area contributed by atoms with Crippen LogP contribution in [-0.2, 0) is 4.79 Å². The zero-order chi connectivity index (χ0) is 16.7. The molecule has 2 rings (SSSR count). The average Bonchev–Trinajstić information content (AvgIpc) is 2.55. The maximum absolute atomic E-state index is 12.2. The smallest absolute Gasteiger partial charge is 0.224 e. The van der Waals surface area contributed by atoms with Crippen LogP contribution in [0.3, 0.4) is 0 Å². The number of hydrogen-bond donors (Lipinski definition) is 2. The molecule has 0 bridgehead atoms. The van der Waals surface area contributed by atoms with Crippen molar-refractivity contribution in [2.45, 2.75) is 26.3 Å². The van der Waals surface area contributed by atoms with Crippen molar-refractivity contribution in [1.29, 1.82) is 0 Å². The topological polar surface area (TPSA) is 86.8 Å². The lowest BCUT2D eigenvalue weighted by molar-refractivity contribution is -0.131. The first-order valence-corrected chi connectivity index (χ1v) is 8.06. The SMILES string of the molecule is CC(C)NC(N)=NCCC(=O)N1CCN(c2ccccn2)CC1. The molecule has 0 spiro atoms. The molecule has 0 radical (unpaired) electrons. The highest BCUT2D eigenvalue weighted by atomic mass is 16.2. The molecule has 0 unspecified atom stereocenters. The first-order chi connectivity index (χ1) is 11.1. The van der Waals surface area contributed by atoms with Crippen LogP contribution in [0.5, 0.6) is 0 Å². The Morgan fingerprint density at radius 1 is 1.35 bits per heavy atom. The van der Waals surface area contributed by atoms with Crippen LogP contribution in [-0.4, -0.2) is 60.5 Å². The van der Waals surface area contributed by atoms with E-state index < -0.39 is 0 Å². The molecular formula is C16H26N6O. The van der Waals surface area contributed by atoms with E-state index in [-0.39, 0.29) is 11.9 Å². The van der Waals surface area contributed by atoms with E-state index in [1.165, 1.54) is 0 Å². The van der Waals surface area contributed by atoms with Gasteiger partial charge in [0.15, 0.2) is 5.96 Å². The van der Waals surface area contributed by atoms with Crippen LogP contribution in [0.2, 0.25) is 0 Å². The lowest BCUT2D eigenvalue weighted by Gasteiger charge is -2.35. The maximum atomic E-state index is 12.2. The summed E-state index contributed by atoms with van der Waals surface area (Å²) in [7, 11) is 0. The molecule has 0 aliphatic carbocycles. The number of hydrogen-bond acceptors (Lipinski definition) is 4. The van der Waals surface area contributed by atoms with Crippen molar-refractivity contribution in [2.24, 2.45) is 10.7 Å². The number of pyridine rings is 1. The second-order valence-corrected chi connectivity index (χ2v) is 5.87. The minimum absolute atomic E-state index is 0.131. The lowest BCUT2D eigenvalue weighted by Crippen LogP contribution is -2.49. The Labute approximate surface area is 137 Å². The van der Waals surface area contributed by atoms with Crippen molar-refractivity contribution in [2.75, 3.05) is 37.6 Å². The van der Waals surface area contributed by atoms with Gasteiger partial charge in [0.2, 0.25) is 5.91 Å². The van der Waals surface area contributed by atoms with E-state index in [4.69, 9.17) is 5.73 Å². The van der Waals surface area contributed by atoms with Crippen LogP contribution in [0, 0.1) is 0 Å². The maximum Gasteiger partial charge on any atom is 0.224 e. The Bertz CT molecular complexity index is 523. The van der Waals surface area contributed by atoms with Crippen LogP contribution in [0.25, 0.3) is 0 Å². The molecule has 7 heteroatoms. The largest absolute Gasteiger partial charge is 0.370 e. The van der Waals surface area contributed by atoms with Crippen molar-refractivity contribution < 1.29 is 4.79 Å². The van der Waals surface area contributed by atoms with E-state index in [1.54, 1.807) is 6.20 Å². The summed E-state index contributed by atoms with van der Waals surface area (Å²) >= 11 is 0. The Balaban J connectivity index is 1.73. The Morgan fingerprint density at radius 3 is 2.70 bits per heavy atom. The van der Waals surface area contributed by atoms with Gasteiger partial charge in [0, 0.05) is 44.8 Å². The van der Waals surface area contributed by atoms with E-state index in [2.05, 4.69) is 20.2 Å². The molecule has 1 fully saturated rings. The average molecular weight is 318 g/mol. The van der Waals surface area contributed by atoms with Gasteiger partial charge in [0.1, 0.15) is 5.82 Å². The van der Waals surface area contributed by atoms with Crippen LogP contribution < -0.4 is 16.0 Å². The van der Waals surface area contributed by atoms with Crippen LogP contribution in [0.1, 0.15) is 20.3 Å². The van der Waals surface area contributed by atoms with Gasteiger partial charge in [-0.25, -0.2) is 4.98 Å². The summed E-state index contributed by atoms with van der Waals surface area (Å²) in [5, 5.41) is 3.01. The molecule has 2 heterocycles. The van der Waals surface area contributed by atoms with Gasteiger partial charge in [-0.2, -0.15) is 0 Å². The number of amides is 1. The van der Waals surface area contributed by atoms with E-state index in [9.17, 15) is 4.79 Å². The highest BCUT2D eigenvalue weighted by Gasteiger charge is 2.21. The molecule has 0 saturated carbocycles. The number of anilines is 1. The molecule has 126 valence electrons. The molecule has 1 aliphatic rings. The first kappa shape index (κ1) is 17.1. The van der Waals surface area contributed by atoms with Crippen molar-refractivity contribution in [3.63, 3.8) is 0 Å². The molecule has 1 amide bonds. The highest BCUT2D eigenvalue weighted by Crippen LogP contribution is 2.12. The second kappa shape index (κ2) is 8.36. The van der Waals surface area contributed by atoms with Crippen molar-refractivity contribution in [3.8, 4) is 0 Å². The van der Waals surface area contributed by atoms with Gasteiger partial charge in [-0.1, -0.05) is 6.07 Å². The van der Waals surface area contributed by atoms with Crippen LogP contribution >= 0.6 is 0 Å². The predicted molar refractivity (Wildman–Crippen MR) is 92.4 cm³/mol. The molecule has 7 nitrogen and oxygen atoms in total. The quantitative estimate of drug-likeness (QED) is 0.607. The number of nitrogens with two attached hydrogens (primary N) is 1. The van der Waals surface area contributed by atoms with Crippen LogP contribution in [0.4, 0.5) is 5.82 Å². The lowest BCUT2D eigenvalue weighted by atomic mass is 10.2. The number of nitrogens with one attached hydrogen (secondary N) is 1. The Morgan fingerprint density at radius 2 is 2.09 bits per heavy atom. The van der Waals surface area contributed by atoms with Gasteiger partial charge in [-0.15, -0.1) is 0 Å². The number of aliphatic imine (C=N–C) groups is 1. The number of guanidine groups is 1. The standard InChI is InChI=1S/C16H26N6O/c1-13(2)20-16(17)19-8-6-15(23)22-11-9-21(10-12-22)14-5-3-4-7-18-14/h3-5,7,13H,6,8-12H2,1-2H3,(H3,17,19,20). The summed E-state index contributed by atoms with van der Waals surface area (Å²) < 4.78 is 0. The van der Waals surface area contributed by atoms with Crippen molar-refractivity contribution in [3.05, 3.63) is 24.4 Å². The van der Waals surface area contributed by atoms with Gasteiger partial charge in [-0.3, -0.25) is 9.79 Å². The fourth-order valence-corrected chi connectivity index (χ4v) is 2.50. The Kier molecular flexibility index (Phi) is 6.19. The fraction of sp³-hybridized carbons (Fsp3) is 0.562. The van der Waals surface area contributed by atoms with E-state index in [0.29, 0.717) is 18.9 Å². The molecule has 0 atom stereocenters. The summed E-state index contributed by atoms with van der Waals surface area (Å²) in [6.45, 7) is 7.47. The van der Waals surface area contributed by atoms with Crippen molar-refractivity contribution >= 4 is 17.7 Å². The Hall–Kier alpha value is -2.31. The van der Waals surface area contributed by atoms with Gasteiger partial charge in [0.25, 0.3) is 0 Å². The second-order valence-electron chi connectivity index (χ2n) is 5.87. The van der Waals surface area contributed by atoms with E-state index in [0.717, 1.165) is 32.0 Å². The fourth-order valence-electron chi connectivity index (χ4n) is 2.50. The molecule has 23 heavy (non-hydrogen) atoms. The molecule has 1 aliphatic heterocycles. The first-order valence-electron chi connectivity index (χ1n) is 8.06. The third-order valence-electron chi connectivity index (χ3n) is 3.65. The molecular weight excluding hydrogens is 292 g/mol. The van der Waals surface area contributed by atoms with Crippen LogP contribution in [0.15, 0.2) is 29.4 Å². The van der Waals surface area contributed by atoms with Gasteiger partial charge < -0.3 is 20.9 Å². The highest BCUT2D eigenvalue weighted by molar-refractivity contribution is 5.79. The van der Waals surface area contributed by atoms with Gasteiger partial charge in [-0.05, 0) is 26.0 Å². The number of rotatable bonds is 5. The summed E-state index contributed by atoms with van der Waals surface area (Å²) in [5.41, 5.74) is 5.72. The number of aromatic nitrogens is 1. The minimum Gasteiger partial charge on any atom is -0.370 e. The van der Waals surface area contributed by atoms with E-state index in [1.807, 2.05) is 36.9 Å². The summed E-state index contributed by atoms with van der Waals surface area (Å²) in [6, 6.07) is 6.13. The van der Waals surface area contributed by atoms with Gasteiger partial charge in [0.05, 0.1) is 6.54 Å². The minimum atomic E-state index is 0.131. The monoisotopic (exact) mass is 318 g/mol. The predicted octanol–water partition coefficient (Wildman–Crippen LogP) is 0.433. The summed E-state index contributed by atoms with van der Waals surface area (Å²) in [4.78, 5) is 24.8. The number of carbonyl (C=O) groups excluding carboxylic acids is 1.